The van der Waals surface area contributed by atoms with Gasteiger partial charge in [-0.2, -0.15) is 0 Å². The summed E-state index contributed by atoms with van der Waals surface area (Å²) in [6.07, 6.45) is 5.16. The fraction of sp³-hybridized carbons (Fsp3) is 0.0833. The number of nitrogens with one attached hydrogen (secondary N) is 1. The van der Waals surface area contributed by atoms with Crippen molar-refractivity contribution in [1.82, 2.24) is 19.6 Å². The highest BCUT2D eigenvalue weighted by Crippen LogP contribution is 2.13. The Balaban J connectivity index is 1.80. The van der Waals surface area contributed by atoms with E-state index in [1.807, 2.05) is 34.9 Å². The number of fused-ring (bicyclic) bond motifs is 1. The van der Waals surface area contributed by atoms with Gasteiger partial charge >= 0.3 is 0 Å². The van der Waals surface area contributed by atoms with Crippen molar-refractivity contribution in [3.8, 4) is 0 Å². The Morgan fingerprint density at radius 3 is 2.89 bits per heavy atom. The van der Waals surface area contributed by atoms with Gasteiger partial charge in [0.25, 0.3) is 0 Å². The van der Waals surface area contributed by atoms with Crippen LogP contribution in [0.4, 0.5) is 5.82 Å². The van der Waals surface area contributed by atoms with E-state index < -0.39 is 0 Å². The molecular formula is C12H10ClN5. The van der Waals surface area contributed by atoms with Crippen LogP contribution >= 0.6 is 11.6 Å². The third kappa shape index (κ3) is 2.12. The quantitative estimate of drug-likeness (QED) is 0.785. The molecule has 0 unspecified atom stereocenters. The van der Waals surface area contributed by atoms with E-state index in [0.717, 1.165) is 10.6 Å². The molecule has 0 spiro atoms. The Morgan fingerprint density at radius 1 is 1.22 bits per heavy atom. The molecule has 3 aromatic rings. The lowest BCUT2D eigenvalue weighted by Crippen LogP contribution is -2.03. The summed E-state index contributed by atoms with van der Waals surface area (Å²) >= 11 is 5.84. The number of anilines is 1. The lowest BCUT2D eigenvalue weighted by Gasteiger charge is -2.06. The van der Waals surface area contributed by atoms with Crippen LogP contribution in [0, 0.1) is 0 Å². The molecule has 0 atom stereocenters. The molecule has 18 heavy (non-hydrogen) atoms. The zero-order chi connectivity index (χ0) is 12.4. The Hall–Kier alpha value is -2.14. The molecule has 0 bridgehead atoms. The van der Waals surface area contributed by atoms with Crippen molar-refractivity contribution in [3.05, 3.63) is 53.6 Å². The van der Waals surface area contributed by atoms with Crippen LogP contribution in [0.2, 0.25) is 5.02 Å². The van der Waals surface area contributed by atoms with E-state index in [9.17, 15) is 0 Å². The topological polar surface area (TPSA) is 55.1 Å². The second-order valence-corrected chi connectivity index (χ2v) is 4.25. The van der Waals surface area contributed by atoms with Gasteiger partial charge in [-0.25, -0.2) is 4.98 Å². The molecule has 3 rings (SSSR count). The molecule has 1 N–H and O–H groups in total. The first kappa shape index (κ1) is 11.0. The molecule has 2 aromatic heterocycles. The summed E-state index contributed by atoms with van der Waals surface area (Å²) in [7, 11) is 0. The summed E-state index contributed by atoms with van der Waals surface area (Å²) in [6, 6.07) is 7.67. The van der Waals surface area contributed by atoms with Gasteiger partial charge < -0.3 is 5.32 Å². The highest BCUT2D eigenvalue weighted by molar-refractivity contribution is 6.30. The Bertz CT molecular complexity index is 662. The molecule has 0 radical (unpaired) electrons. The first-order valence-electron chi connectivity index (χ1n) is 5.45. The van der Waals surface area contributed by atoms with Gasteiger partial charge in [-0.15, -0.1) is 10.2 Å². The minimum Gasteiger partial charge on any atom is -0.363 e. The lowest BCUT2D eigenvalue weighted by atomic mass is 10.2. The predicted molar refractivity (Wildman–Crippen MR) is 69.6 cm³/mol. The summed E-state index contributed by atoms with van der Waals surface area (Å²) in [5.41, 5.74) is 1.84. The Morgan fingerprint density at radius 2 is 2.06 bits per heavy atom. The summed E-state index contributed by atoms with van der Waals surface area (Å²) in [5.74, 6) is 0.713. The summed E-state index contributed by atoms with van der Waals surface area (Å²) in [4.78, 5) is 4.25. The van der Waals surface area contributed by atoms with Crippen molar-refractivity contribution in [2.45, 2.75) is 6.54 Å². The van der Waals surface area contributed by atoms with Gasteiger partial charge in [0.05, 0.1) is 0 Å². The predicted octanol–water partition coefficient (Wildman–Crippen LogP) is 2.39. The van der Waals surface area contributed by atoms with Crippen LogP contribution in [-0.4, -0.2) is 19.6 Å². The smallest absolute Gasteiger partial charge is 0.203 e. The number of benzene rings is 1. The maximum atomic E-state index is 5.84. The fourth-order valence-electron chi connectivity index (χ4n) is 1.67. The van der Waals surface area contributed by atoms with Crippen LogP contribution in [0.1, 0.15) is 5.56 Å². The van der Waals surface area contributed by atoms with Crippen molar-refractivity contribution in [1.29, 1.82) is 0 Å². The van der Waals surface area contributed by atoms with Crippen LogP contribution < -0.4 is 5.32 Å². The first-order valence-corrected chi connectivity index (χ1v) is 5.83. The minimum atomic E-state index is 0.663. The number of aromatic nitrogens is 4. The largest absolute Gasteiger partial charge is 0.363 e. The second kappa shape index (κ2) is 4.62. The Kier molecular flexibility index (Phi) is 2.82. The lowest BCUT2D eigenvalue weighted by molar-refractivity contribution is 1.07. The minimum absolute atomic E-state index is 0.663. The number of rotatable bonds is 3. The van der Waals surface area contributed by atoms with Crippen LogP contribution in [0.3, 0.4) is 0 Å². The summed E-state index contributed by atoms with van der Waals surface area (Å²) in [6.45, 7) is 0.663. The molecule has 0 aliphatic rings. The van der Waals surface area contributed by atoms with Crippen molar-refractivity contribution < 1.29 is 0 Å². The number of nitrogens with zero attached hydrogens (tertiary/aromatic N) is 4. The molecule has 5 nitrogen and oxygen atoms in total. The number of halogens is 1. The maximum absolute atomic E-state index is 5.84. The molecular weight excluding hydrogens is 250 g/mol. The van der Waals surface area contributed by atoms with Gasteiger partial charge in [0.15, 0.2) is 5.82 Å². The molecule has 0 amide bonds. The number of hydrogen-bond acceptors (Lipinski definition) is 4. The molecule has 0 fully saturated rings. The molecule has 0 saturated carbocycles. The van der Waals surface area contributed by atoms with Gasteiger partial charge in [0.2, 0.25) is 5.65 Å². The van der Waals surface area contributed by atoms with E-state index in [-0.39, 0.29) is 0 Å². The van der Waals surface area contributed by atoms with E-state index in [0.29, 0.717) is 18.0 Å². The van der Waals surface area contributed by atoms with Crippen molar-refractivity contribution in [3.63, 3.8) is 0 Å². The summed E-state index contributed by atoms with van der Waals surface area (Å²) < 4.78 is 1.82. The van der Waals surface area contributed by atoms with Crippen LogP contribution in [0.15, 0.2) is 43.0 Å². The van der Waals surface area contributed by atoms with Crippen molar-refractivity contribution >= 4 is 23.1 Å². The third-order valence-electron chi connectivity index (χ3n) is 2.59. The van der Waals surface area contributed by atoms with E-state index in [1.165, 1.54) is 0 Å². The van der Waals surface area contributed by atoms with Crippen LogP contribution in [0.5, 0.6) is 0 Å². The van der Waals surface area contributed by atoms with Crippen LogP contribution in [0.25, 0.3) is 5.65 Å². The third-order valence-corrected chi connectivity index (χ3v) is 2.84. The SMILES string of the molecule is Clc1ccc(CNc2nccn3cnnc23)cc1. The van der Waals surface area contributed by atoms with E-state index in [1.54, 1.807) is 12.5 Å². The standard InChI is InChI=1S/C12H10ClN5/c13-10-3-1-9(2-4-10)7-15-11-12-17-16-8-18(12)6-5-14-11/h1-6,8H,7H2,(H,14,15). The van der Waals surface area contributed by atoms with Crippen molar-refractivity contribution in [2.75, 3.05) is 5.32 Å². The van der Waals surface area contributed by atoms with Crippen molar-refractivity contribution in [2.24, 2.45) is 0 Å². The zero-order valence-electron chi connectivity index (χ0n) is 9.42. The van der Waals surface area contributed by atoms with Gasteiger partial charge in [-0.1, -0.05) is 23.7 Å². The molecule has 0 aliphatic heterocycles. The first-order chi connectivity index (χ1) is 8.83. The molecule has 6 heteroatoms. The average molecular weight is 260 g/mol. The number of hydrogen-bond donors (Lipinski definition) is 1. The van der Waals surface area contributed by atoms with Crippen LogP contribution in [-0.2, 0) is 6.54 Å². The molecule has 0 aliphatic carbocycles. The maximum Gasteiger partial charge on any atom is 0.203 e. The zero-order valence-corrected chi connectivity index (χ0v) is 10.2. The van der Waals surface area contributed by atoms with Gasteiger partial charge in [0, 0.05) is 24.0 Å². The highest BCUT2D eigenvalue weighted by Gasteiger charge is 2.03. The highest BCUT2D eigenvalue weighted by atomic mass is 35.5. The average Bonchev–Trinajstić information content (AvgIpc) is 2.87. The molecule has 2 heterocycles. The van der Waals surface area contributed by atoms with E-state index in [4.69, 9.17) is 11.6 Å². The fourth-order valence-corrected chi connectivity index (χ4v) is 1.80. The molecule has 0 saturated heterocycles. The molecule has 90 valence electrons. The van der Waals surface area contributed by atoms with Gasteiger partial charge in [0.1, 0.15) is 6.33 Å². The van der Waals surface area contributed by atoms with Gasteiger partial charge in [-0.3, -0.25) is 4.40 Å². The summed E-state index contributed by atoms with van der Waals surface area (Å²) in [5, 5.41) is 11.8. The monoisotopic (exact) mass is 259 g/mol. The second-order valence-electron chi connectivity index (χ2n) is 3.82. The Labute approximate surface area is 108 Å². The molecule has 1 aromatic carbocycles. The van der Waals surface area contributed by atoms with E-state index >= 15 is 0 Å². The van der Waals surface area contributed by atoms with E-state index in [2.05, 4.69) is 20.5 Å². The van der Waals surface area contributed by atoms with Gasteiger partial charge in [-0.05, 0) is 17.7 Å². The normalized spacial score (nSPS) is 10.7.